The molecule has 0 heterocycles. The third-order valence-electron chi connectivity index (χ3n) is 2.90. The first kappa shape index (κ1) is 10.6. The third kappa shape index (κ3) is 3.02. The van der Waals surface area contributed by atoms with Crippen molar-refractivity contribution in [1.82, 2.24) is 4.90 Å². The highest BCUT2D eigenvalue weighted by Gasteiger charge is 2.21. The number of carbonyl (C=O) groups is 1. The average molecular weight is 183 g/mol. The van der Waals surface area contributed by atoms with Gasteiger partial charge in [0.05, 0.1) is 0 Å². The maximum absolute atomic E-state index is 11.6. The maximum Gasteiger partial charge on any atom is 0.222 e. The van der Waals surface area contributed by atoms with Crippen molar-refractivity contribution in [2.45, 2.75) is 46.0 Å². The smallest absolute Gasteiger partial charge is 0.222 e. The summed E-state index contributed by atoms with van der Waals surface area (Å²) in [5.41, 5.74) is 0. The van der Waals surface area contributed by atoms with Gasteiger partial charge in [-0.3, -0.25) is 4.79 Å². The molecule has 0 unspecified atom stereocenters. The average Bonchev–Trinajstić information content (AvgIpc) is 2.03. The topological polar surface area (TPSA) is 20.3 Å². The van der Waals surface area contributed by atoms with E-state index in [2.05, 4.69) is 13.8 Å². The standard InChI is InChI=1S/C11H21NO/c1-3-6-11(13)12(4-2)9-10-7-5-8-10/h10H,3-9H2,1-2H3. The summed E-state index contributed by atoms with van der Waals surface area (Å²) >= 11 is 0. The lowest BCUT2D eigenvalue weighted by molar-refractivity contribution is -0.132. The molecule has 0 atom stereocenters. The predicted molar refractivity (Wildman–Crippen MR) is 54.5 cm³/mol. The first-order valence-corrected chi connectivity index (χ1v) is 5.55. The van der Waals surface area contributed by atoms with Gasteiger partial charge >= 0.3 is 0 Å². The van der Waals surface area contributed by atoms with Gasteiger partial charge in [-0.2, -0.15) is 0 Å². The molecule has 0 N–H and O–H groups in total. The summed E-state index contributed by atoms with van der Waals surface area (Å²) in [6, 6.07) is 0. The van der Waals surface area contributed by atoms with Gasteiger partial charge in [-0.1, -0.05) is 13.3 Å². The molecule has 0 saturated heterocycles. The predicted octanol–water partition coefficient (Wildman–Crippen LogP) is 2.44. The second-order valence-electron chi connectivity index (χ2n) is 3.98. The fourth-order valence-electron chi connectivity index (χ4n) is 1.77. The zero-order chi connectivity index (χ0) is 9.68. The van der Waals surface area contributed by atoms with Crippen LogP contribution in [-0.4, -0.2) is 23.9 Å². The van der Waals surface area contributed by atoms with Crippen LogP contribution in [0.15, 0.2) is 0 Å². The maximum atomic E-state index is 11.6. The highest BCUT2D eigenvalue weighted by Crippen LogP contribution is 2.27. The van der Waals surface area contributed by atoms with Crippen molar-refractivity contribution in [1.29, 1.82) is 0 Å². The zero-order valence-electron chi connectivity index (χ0n) is 8.88. The molecule has 0 aromatic rings. The van der Waals surface area contributed by atoms with Crippen molar-refractivity contribution >= 4 is 5.91 Å². The zero-order valence-corrected chi connectivity index (χ0v) is 8.88. The van der Waals surface area contributed by atoms with Crippen LogP contribution in [0.25, 0.3) is 0 Å². The summed E-state index contributed by atoms with van der Waals surface area (Å²) < 4.78 is 0. The van der Waals surface area contributed by atoms with E-state index >= 15 is 0 Å². The summed E-state index contributed by atoms with van der Waals surface area (Å²) in [4.78, 5) is 13.6. The van der Waals surface area contributed by atoms with Gasteiger partial charge in [-0.15, -0.1) is 0 Å². The van der Waals surface area contributed by atoms with E-state index in [0.717, 1.165) is 31.8 Å². The van der Waals surface area contributed by atoms with Gasteiger partial charge in [0, 0.05) is 19.5 Å². The summed E-state index contributed by atoms with van der Waals surface area (Å²) in [6.07, 6.45) is 5.72. The van der Waals surface area contributed by atoms with Crippen LogP contribution in [0.3, 0.4) is 0 Å². The van der Waals surface area contributed by atoms with E-state index in [1.165, 1.54) is 19.3 Å². The number of carbonyl (C=O) groups excluding carboxylic acids is 1. The van der Waals surface area contributed by atoms with Crippen LogP contribution in [0.2, 0.25) is 0 Å². The highest BCUT2D eigenvalue weighted by atomic mass is 16.2. The van der Waals surface area contributed by atoms with Crippen LogP contribution in [-0.2, 0) is 4.79 Å². The Hall–Kier alpha value is -0.530. The first-order valence-electron chi connectivity index (χ1n) is 5.55. The van der Waals surface area contributed by atoms with E-state index in [1.54, 1.807) is 0 Å². The Balaban J connectivity index is 2.27. The molecule has 0 aliphatic heterocycles. The van der Waals surface area contributed by atoms with Gasteiger partial charge in [-0.05, 0) is 32.1 Å². The monoisotopic (exact) mass is 183 g/mol. The van der Waals surface area contributed by atoms with E-state index in [0.29, 0.717) is 5.91 Å². The molecule has 0 bridgehead atoms. The molecule has 2 heteroatoms. The molecule has 1 rings (SSSR count). The molecule has 1 aliphatic rings. The van der Waals surface area contributed by atoms with Crippen LogP contribution in [0.5, 0.6) is 0 Å². The van der Waals surface area contributed by atoms with Crippen LogP contribution >= 0.6 is 0 Å². The molecule has 2 nitrogen and oxygen atoms in total. The van der Waals surface area contributed by atoms with Gasteiger partial charge < -0.3 is 4.90 Å². The number of hydrogen-bond acceptors (Lipinski definition) is 1. The molecule has 1 aliphatic carbocycles. The van der Waals surface area contributed by atoms with Crippen LogP contribution in [0.4, 0.5) is 0 Å². The minimum atomic E-state index is 0.344. The summed E-state index contributed by atoms with van der Waals surface area (Å²) in [6.45, 7) is 6.03. The Kier molecular flexibility index (Phi) is 4.26. The van der Waals surface area contributed by atoms with Crippen LogP contribution < -0.4 is 0 Å². The summed E-state index contributed by atoms with van der Waals surface area (Å²) in [7, 11) is 0. The van der Waals surface area contributed by atoms with Crippen molar-refractivity contribution in [3.05, 3.63) is 0 Å². The molecular formula is C11H21NO. The lowest BCUT2D eigenvalue weighted by Gasteiger charge is -2.31. The lowest BCUT2D eigenvalue weighted by Crippen LogP contribution is -2.37. The van der Waals surface area contributed by atoms with E-state index < -0.39 is 0 Å². The van der Waals surface area contributed by atoms with Crippen LogP contribution in [0.1, 0.15) is 46.0 Å². The minimum absolute atomic E-state index is 0.344. The molecule has 13 heavy (non-hydrogen) atoms. The molecule has 0 spiro atoms. The Morgan fingerprint density at radius 2 is 2.08 bits per heavy atom. The number of amides is 1. The minimum Gasteiger partial charge on any atom is -0.343 e. The SMILES string of the molecule is CCCC(=O)N(CC)CC1CCC1. The van der Waals surface area contributed by atoms with Crippen molar-refractivity contribution in [2.75, 3.05) is 13.1 Å². The fraction of sp³-hybridized carbons (Fsp3) is 0.909. The van der Waals surface area contributed by atoms with E-state index in [9.17, 15) is 4.79 Å². The molecule has 76 valence electrons. The summed E-state index contributed by atoms with van der Waals surface area (Å²) in [5, 5.41) is 0. The van der Waals surface area contributed by atoms with Gasteiger partial charge in [0.15, 0.2) is 0 Å². The van der Waals surface area contributed by atoms with Crippen molar-refractivity contribution in [3.63, 3.8) is 0 Å². The molecule has 0 aromatic carbocycles. The second-order valence-corrected chi connectivity index (χ2v) is 3.98. The van der Waals surface area contributed by atoms with Gasteiger partial charge in [0.25, 0.3) is 0 Å². The number of nitrogens with zero attached hydrogens (tertiary/aromatic N) is 1. The van der Waals surface area contributed by atoms with Crippen molar-refractivity contribution in [2.24, 2.45) is 5.92 Å². The molecule has 0 aromatic heterocycles. The van der Waals surface area contributed by atoms with E-state index in [-0.39, 0.29) is 0 Å². The lowest BCUT2D eigenvalue weighted by atomic mass is 9.85. The van der Waals surface area contributed by atoms with Gasteiger partial charge in [-0.25, -0.2) is 0 Å². The first-order chi connectivity index (χ1) is 6.27. The van der Waals surface area contributed by atoms with Crippen LogP contribution in [0, 0.1) is 5.92 Å². The molecule has 0 radical (unpaired) electrons. The van der Waals surface area contributed by atoms with Crippen molar-refractivity contribution < 1.29 is 4.79 Å². The molecule has 1 saturated carbocycles. The fourth-order valence-corrected chi connectivity index (χ4v) is 1.77. The van der Waals surface area contributed by atoms with Crippen molar-refractivity contribution in [3.8, 4) is 0 Å². The van der Waals surface area contributed by atoms with Gasteiger partial charge in [0.2, 0.25) is 5.91 Å². The largest absolute Gasteiger partial charge is 0.343 e. The van der Waals surface area contributed by atoms with E-state index in [1.807, 2.05) is 4.90 Å². The third-order valence-corrected chi connectivity index (χ3v) is 2.90. The quantitative estimate of drug-likeness (QED) is 0.641. The molecule has 1 fully saturated rings. The van der Waals surface area contributed by atoms with Gasteiger partial charge in [0.1, 0.15) is 0 Å². The Morgan fingerprint density at radius 3 is 2.46 bits per heavy atom. The second kappa shape index (κ2) is 5.25. The Labute approximate surface area is 81.3 Å². The summed E-state index contributed by atoms with van der Waals surface area (Å²) in [5.74, 6) is 1.15. The highest BCUT2D eigenvalue weighted by molar-refractivity contribution is 5.76. The van der Waals surface area contributed by atoms with E-state index in [4.69, 9.17) is 0 Å². The molecule has 1 amide bonds. The number of hydrogen-bond donors (Lipinski definition) is 0. The number of rotatable bonds is 5. The normalized spacial score (nSPS) is 16.8. The molecular weight excluding hydrogens is 162 g/mol. The Morgan fingerprint density at radius 1 is 1.38 bits per heavy atom. The Bertz CT molecular complexity index is 163.